The van der Waals surface area contributed by atoms with Crippen molar-refractivity contribution in [1.29, 1.82) is 0 Å². The van der Waals surface area contributed by atoms with Gasteiger partial charge in [-0.2, -0.15) is 9.61 Å². The van der Waals surface area contributed by atoms with E-state index in [2.05, 4.69) is 22.0 Å². The second kappa shape index (κ2) is 6.12. The second-order valence-electron chi connectivity index (χ2n) is 6.93. The molecule has 1 aliphatic heterocycles. The summed E-state index contributed by atoms with van der Waals surface area (Å²) < 4.78 is 7.04. The van der Waals surface area contributed by atoms with E-state index in [1.165, 1.54) is 0 Å². The lowest BCUT2D eigenvalue weighted by Crippen LogP contribution is -2.39. The van der Waals surface area contributed by atoms with Gasteiger partial charge < -0.3 is 15.2 Å². The first kappa shape index (κ1) is 16.6. The molecular formula is C18H22N6O2. The van der Waals surface area contributed by atoms with Crippen molar-refractivity contribution in [3.05, 3.63) is 29.2 Å². The molecule has 1 amide bonds. The van der Waals surface area contributed by atoms with Crippen molar-refractivity contribution < 1.29 is 9.32 Å². The standard InChI is InChI=1S/C18H22N6O2/c1-10-8-15(22-26-10)14-9-16-20-12(3)11(2)18(24(16)21-14)23-6-4-13(5-7-23)17(19)25/h8-9,13H,4-7H2,1-3H3,(H2,19,25). The maximum atomic E-state index is 11.5. The zero-order valence-corrected chi connectivity index (χ0v) is 15.2. The molecule has 4 rings (SSSR count). The highest BCUT2D eigenvalue weighted by Gasteiger charge is 2.26. The number of piperidine rings is 1. The van der Waals surface area contributed by atoms with Crippen molar-refractivity contribution >= 4 is 17.4 Å². The SMILES string of the molecule is Cc1cc(-c2cc3nc(C)c(C)c(N4CCC(C(N)=O)CC4)n3n2)no1. The average Bonchev–Trinajstić information content (AvgIpc) is 3.22. The summed E-state index contributed by atoms with van der Waals surface area (Å²) in [6.45, 7) is 7.45. The molecule has 2 N–H and O–H groups in total. The van der Waals surface area contributed by atoms with E-state index in [9.17, 15) is 4.79 Å². The fourth-order valence-corrected chi connectivity index (χ4v) is 3.54. The number of nitrogens with zero attached hydrogens (tertiary/aromatic N) is 5. The maximum Gasteiger partial charge on any atom is 0.220 e. The highest BCUT2D eigenvalue weighted by molar-refractivity contribution is 5.77. The lowest BCUT2D eigenvalue weighted by atomic mass is 9.96. The number of anilines is 1. The Kier molecular flexibility index (Phi) is 3.90. The smallest absolute Gasteiger partial charge is 0.220 e. The van der Waals surface area contributed by atoms with Crippen LogP contribution in [0.25, 0.3) is 17.0 Å². The molecule has 0 bridgehead atoms. The fraction of sp³-hybridized carbons (Fsp3) is 0.444. The van der Waals surface area contributed by atoms with Crippen molar-refractivity contribution in [2.75, 3.05) is 18.0 Å². The molecule has 3 aromatic rings. The lowest BCUT2D eigenvalue weighted by Gasteiger charge is -2.33. The number of hydrogen-bond acceptors (Lipinski definition) is 6. The van der Waals surface area contributed by atoms with E-state index in [-0.39, 0.29) is 11.8 Å². The van der Waals surface area contributed by atoms with Crippen LogP contribution >= 0.6 is 0 Å². The summed E-state index contributed by atoms with van der Waals surface area (Å²) >= 11 is 0. The van der Waals surface area contributed by atoms with Gasteiger partial charge in [0.15, 0.2) is 5.65 Å². The number of fused-ring (bicyclic) bond motifs is 1. The van der Waals surface area contributed by atoms with Crippen LogP contribution < -0.4 is 10.6 Å². The van der Waals surface area contributed by atoms with E-state index < -0.39 is 0 Å². The third kappa shape index (κ3) is 2.71. The van der Waals surface area contributed by atoms with Crippen LogP contribution in [-0.2, 0) is 4.79 Å². The second-order valence-corrected chi connectivity index (χ2v) is 6.93. The molecular weight excluding hydrogens is 332 g/mol. The summed E-state index contributed by atoms with van der Waals surface area (Å²) in [5.74, 6) is 1.50. The number of amides is 1. The normalized spacial score (nSPS) is 15.7. The van der Waals surface area contributed by atoms with Gasteiger partial charge >= 0.3 is 0 Å². The van der Waals surface area contributed by atoms with Gasteiger partial charge in [-0.1, -0.05) is 5.16 Å². The zero-order valence-electron chi connectivity index (χ0n) is 15.2. The number of rotatable bonds is 3. The number of aromatic nitrogens is 4. The van der Waals surface area contributed by atoms with E-state index in [1.807, 2.05) is 30.5 Å². The third-order valence-electron chi connectivity index (χ3n) is 5.14. The van der Waals surface area contributed by atoms with Crippen LogP contribution in [0.3, 0.4) is 0 Å². The van der Waals surface area contributed by atoms with Gasteiger partial charge in [0.2, 0.25) is 5.91 Å². The largest absolute Gasteiger partial charge is 0.369 e. The highest BCUT2D eigenvalue weighted by atomic mass is 16.5. The van der Waals surface area contributed by atoms with Crippen LogP contribution in [0.15, 0.2) is 16.7 Å². The third-order valence-corrected chi connectivity index (χ3v) is 5.14. The van der Waals surface area contributed by atoms with Crippen LogP contribution in [0, 0.1) is 26.7 Å². The Bertz CT molecular complexity index is 981. The minimum Gasteiger partial charge on any atom is -0.369 e. The number of carbonyl (C=O) groups is 1. The van der Waals surface area contributed by atoms with Crippen LogP contribution in [0.2, 0.25) is 0 Å². The highest BCUT2D eigenvalue weighted by Crippen LogP contribution is 2.29. The van der Waals surface area contributed by atoms with E-state index in [0.717, 1.165) is 60.1 Å². The molecule has 0 aliphatic carbocycles. The predicted molar refractivity (Wildman–Crippen MR) is 96.8 cm³/mol. The van der Waals surface area contributed by atoms with E-state index in [0.29, 0.717) is 5.69 Å². The van der Waals surface area contributed by atoms with Gasteiger partial charge in [-0.15, -0.1) is 0 Å². The Morgan fingerprint density at radius 2 is 1.92 bits per heavy atom. The first-order valence-corrected chi connectivity index (χ1v) is 8.79. The minimum absolute atomic E-state index is 0.0451. The van der Waals surface area contributed by atoms with Gasteiger partial charge in [0.1, 0.15) is 23.0 Å². The van der Waals surface area contributed by atoms with E-state index in [4.69, 9.17) is 15.4 Å². The molecule has 0 saturated carbocycles. The Hall–Kier alpha value is -2.90. The van der Waals surface area contributed by atoms with Gasteiger partial charge in [0.25, 0.3) is 0 Å². The van der Waals surface area contributed by atoms with Crippen LogP contribution in [0.5, 0.6) is 0 Å². The lowest BCUT2D eigenvalue weighted by molar-refractivity contribution is -0.122. The van der Waals surface area contributed by atoms with Crippen LogP contribution in [-0.4, -0.2) is 38.8 Å². The number of nitrogens with two attached hydrogens (primary N) is 1. The van der Waals surface area contributed by atoms with E-state index in [1.54, 1.807) is 0 Å². The van der Waals surface area contributed by atoms with Crippen molar-refractivity contribution in [3.63, 3.8) is 0 Å². The van der Waals surface area contributed by atoms with Crippen molar-refractivity contribution in [2.24, 2.45) is 11.7 Å². The molecule has 8 heteroatoms. The maximum absolute atomic E-state index is 11.5. The molecule has 8 nitrogen and oxygen atoms in total. The van der Waals surface area contributed by atoms with Crippen molar-refractivity contribution in [3.8, 4) is 11.4 Å². The molecule has 0 spiro atoms. The summed E-state index contributed by atoms with van der Waals surface area (Å²) in [6, 6.07) is 3.78. The monoisotopic (exact) mass is 354 g/mol. The summed E-state index contributed by atoms with van der Waals surface area (Å²) in [4.78, 5) is 18.4. The minimum atomic E-state index is -0.208. The average molecular weight is 354 g/mol. The Balaban J connectivity index is 1.77. The van der Waals surface area contributed by atoms with Crippen LogP contribution in [0.4, 0.5) is 5.82 Å². The first-order valence-electron chi connectivity index (χ1n) is 8.79. The Morgan fingerprint density at radius 1 is 1.19 bits per heavy atom. The van der Waals surface area contributed by atoms with Crippen molar-refractivity contribution in [2.45, 2.75) is 33.6 Å². The number of primary amides is 1. The predicted octanol–water partition coefficient (Wildman–Crippen LogP) is 2.01. The zero-order chi connectivity index (χ0) is 18.4. The molecule has 26 heavy (non-hydrogen) atoms. The quantitative estimate of drug-likeness (QED) is 0.772. The van der Waals surface area contributed by atoms with Crippen molar-refractivity contribution in [1.82, 2.24) is 19.8 Å². The van der Waals surface area contributed by atoms with Gasteiger partial charge in [-0.25, -0.2) is 4.98 Å². The number of aryl methyl sites for hydroxylation is 2. The summed E-state index contributed by atoms with van der Waals surface area (Å²) in [6.07, 6.45) is 1.52. The topological polar surface area (TPSA) is 103 Å². The molecule has 1 fully saturated rings. The summed E-state index contributed by atoms with van der Waals surface area (Å²) in [5, 5.41) is 8.78. The Labute approximate surface area is 151 Å². The van der Waals surface area contributed by atoms with Gasteiger partial charge in [-0.3, -0.25) is 4.79 Å². The van der Waals surface area contributed by atoms with E-state index >= 15 is 0 Å². The Morgan fingerprint density at radius 3 is 2.54 bits per heavy atom. The number of hydrogen-bond donors (Lipinski definition) is 1. The molecule has 136 valence electrons. The van der Waals surface area contributed by atoms with Gasteiger partial charge in [-0.05, 0) is 33.6 Å². The molecule has 3 aromatic heterocycles. The summed E-state index contributed by atoms with van der Waals surface area (Å²) in [7, 11) is 0. The molecule has 0 unspecified atom stereocenters. The van der Waals surface area contributed by atoms with Gasteiger partial charge in [0.05, 0.1) is 0 Å². The molecule has 1 aliphatic rings. The molecule has 0 atom stereocenters. The fourth-order valence-electron chi connectivity index (χ4n) is 3.54. The molecule has 0 aromatic carbocycles. The first-order chi connectivity index (χ1) is 12.4. The summed E-state index contributed by atoms with van der Waals surface area (Å²) in [5.41, 5.74) is 9.71. The van der Waals surface area contributed by atoms with Gasteiger partial charge in [0, 0.05) is 42.4 Å². The molecule has 1 saturated heterocycles. The molecule has 0 radical (unpaired) electrons. The van der Waals surface area contributed by atoms with Crippen LogP contribution in [0.1, 0.15) is 29.9 Å². The molecule has 4 heterocycles. The number of carbonyl (C=O) groups excluding carboxylic acids is 1.